The Labute approximate surface area is 102 Å². The molecule has 4 heteroatoms. The van der Waals surface area contributed by atoms with E-state index in [2.05, 4.69) is 35.6 Å². The molecule has 2 rings (SSSR count). The van der Waals surface area contributed by atoms with Crippen LogP contribution in [0.2, 0.25) is 0 Å². The van der Waals surface area contributed by atoms with Gasteiger partial charge in [0.25, 0.3) is 0 Å². The van der Waals surface area contributed by atoms with Crippen molar-refractivity contribution in [3.05, 3.63) is 23.8 Å². The fraction of sp³-hybridized carbons (Fsp3) is 0.462. The molecule has 4 nitrogen and oxygen atoms in total. The first-order chi connectivity index (χ1) is 8.17. The van der Waals surface area contributed by atoms with Gasteiger partial charge in [0.2, 0.25) is 5.91 Å². The van der Waals surface area contributed by atoms with Gasteiger partial charge >= 0.3 is 0 Å². The van der Waals surface area contributed by atoms with Gasteiger partial charge in [-0.25, -0.2) is 0 Å². The molecule has 92 valence electrons. The lowest BCUT2D eigenvalue weighted by Crippen LogP contribution is -2.23. The molecule has 0 aromatic heterocycles. The molecule has 1 aromatic rings. The quantitative estimate of drug-likeness (QED) is 0.832. The van der Waals surface area contributed by atoms with Crippen molar-refractivity contribution in [3.63, 3.8) is 0 Å². The molecule has 0 radical (unpaired) electrons. The largest absolute Gasteiger partial charge is 0.375 e. The number of amides is 1. The topological polar surface area (TPSA) is 44.4 Å². The number of likely N-dealkylation sites (N-methyl/N-ethyl adjacent to an activating group) is 1. The minimum absolute atomic E-state index is 0.0257. The Bertz CT molecular complexity index is 431. The van der Waals surface area contributed by atoms with Crippen LogP contribution in [0, 0.1) is 0 Å². The highest BCUT2D eigenvalue weighted by atomic mass is 16.2. The first kappa shape index (κ1) is 11.9. The number of nitrogens with zero attached hydrogens (tertiary/aromatic N) is 1. The smallest absolute Gasteiger partial charge is 0.246 e. The van der Waals surface area contributed by atoms with Gasteiger partial charge in [0.05, 0.1) is 0 Å². The number of carbonyl (C=O) groups is 1. The molecule has 1 aliphatic rings. The summed E-state index contributed by atoms with van der Waals surface area (Å²) in [7, 11) is 3.87. The van der Waals surface area contributed by atoms with Gasteiger partial charge in [-0.15, -0.1) is 0 Å². The number of benzene rings is 1. The van der Waals surface area contributed by atoms with E-state index in [1.54, 1.807) is 7.05 Å². The van der Waals surface area contributed by atoms with E-state index >= 15 is 0 Å². The zero-order chi connectivity index (χ0) is 12.4. The molecule has 2 N–H and O–H groups in total. The second-order valence-electron chi connectivity index (χ2n) is 4.40. The van der Waals surface area contributed by atoms with E-state index in [1.165, 1.54) is 0 Å². The molecular weight excluding hydrogens is 214 g/mol. The molecule has 0 saturated heterocycles. The summed E-state index contributed by atoms with van der Waals surface area (Å²) >= 11 is 0. The van der Waals surface area contributed by atoms with E-state index in [-0.39, 0.29) is 11.9 Å². The van der Waals surface area contributed by atoms with Crippen molar-refractivity contribution in [1.82, 2.24) is 5.32 Å². The summed E-state index contributed by atoms with van der Waals surface area (Å²) in [5.74, 6) is 0.0257. The van der Waals surface area contributed by atoms with E-state index in [1.807, 2.05) is 12.1 Å². The Morgan fingerprint density at radius 1 is 1.47 bits per heavy atom. The van der Waals surface area contributed by atoms with Crippen LogP contribution in [0.3, 0.4) is 0 Å². The summed E-state index contributed by atoms with van der Waals surface area (Å²) in [5.41, 5.74) is 3.10. The number of hydrogen-bond donors (Lipinski definition) is 2. The number of nitrogens with one attached hydrogen (secondary N) is 2. The number of hydrogen-bond acceptors (Lipinski definition) is 3. The Hall–Kier alpha value is -1.55. The minimum Gasteiger partial charge on any atom is -0.375 e. The molecule has 1 heterocycles. The first-order valence-corrected chi connectivity index (χ1v) is 6.00. The lowest BCUT2D eigenvalue weighted by Gasteiger charge is -2.19. The highest BCUT2D eigenvalue weighted by Crippen LogP contribution is 2.33. The number of anilines is 2. The van der Waals surface area contributed by atoms with Gasteiger partial charge in [0.1, 0.15) is 6.04 Å². The molecule has 1 amide bonds. The van der Waals surface area contributed by atoms with Crippen molar-refractivity contribution in [2.45, 2.75) is 19.4 Å². The maximum absolute atomic E-state index is 11.7. The Morgan fingerprint density at radius 3 is 2.88 bits per heavy atom. The molecule has 0 spiro atoms. The number of rotatable bonds is 4. The van der Waals surface area contributed by atoms with Crippen molar-refractivity contribution in [3.8, 4) is 0 Å². The lowest BCUT2D eigenvalue weighted by molar-refractivity contribution is -0.117. The van der Waals surface area contributed by atoms with Gasteiger partial charge in [-0.2, -0.15) is 0 Å². The molecule has 17 heavy (non-hydrogen) atoms. The fourth-order valence-corrected chi connectivity index (χ4v) is 2.24. The molecule has 1 aliphatic heterocycles. The van der Waals surface area contributed by atoms with Crippen LogP contribution in [-0.4, -0.2) is 26.5 Å². The van der Waals surface area contributed by atoms with Gasteiger partial charge in [-0.1, -0.05) is 13.0 Å². The third-order valence-corrected chi connectivity index (χ3v) is 3.16. The van der Waals surface area contributed by atoms with Gasteiger partial charge < -0.3 is 15.5 Å². The van der Waals surface area contributed by atoms with Crippen LogP contribution in [-0.2, 0) is 4.79 Å². The van der Waals surface area contributed by atoms with E-state index in [4.69, 9.17) is 0 Å². The highest BCUT2D eigenvalue weighted by molar-refractivity contribution is 6.03. The fourth-order valence-electron chi connectivity index (χ4n) is 2.24. The van der Waals surface area contributed by atoms with Crippen molar-refractivity contribution < 1.29 is 4.79 Å². The SMILES string of the molecule is CCCN(C)c1ccc2c(c1)NC(=O)C2NC. The van der Waals surface area contributed by atoms with Crippen LogP contribution < -0.4 is 15.5 Å². The van der Waals surface area contributed by atoms with Crippen molar-refractivity contribution in [2.24, 2.45) is 0 Å². The predicted molar refractivity (Wildman–Crippen MR) is 70.4 cm³/mol. The van der Waals surface area contributed by atoms with E-state index in [0.29, 0.717) is 0 Å². The average molecular weight is 233 g/mol. The van der Waals surface area contributed by atoms with Crippen LogP contribution in [0.4, 0.5) is 11.4 Å². The third kappa shape index (κ3) is 2.13. The maximum atomic E-state index is 11.7. The highest BCUT2D eigenvalue weighted by Gasteiger charge is 2.29. The molecule has 1 aromatic carbocycles. The summed E-state index contributed by atoms with van der Waals surface area (Å²) < 4.78 is 0. The van der Waals surface area contributed by atoms with Crippen molar-refractivity contribution in [1.29, 1.82) is 0 Å². The monoisotopic (exact) mass is 233 g/mol. The molecule has 0 bridgehead atoms. The Morgan fingerprint density at radius 2 is 2.24 bits per heavy atom. The second-order valence-corrected chi connectivity index (χ2v) is 4.40. The van der Waals surface area contributed by atoms with Crippen LogP contribution in [0.1, 0.15) is 24.9 Å². The second kappa shape index (κ2) is 4.75. The number of fused-ring (bicyclic) bond motifs is 1. The summed E-state index contributed by atoms with van der Waals surface area (Å²) in [6.07, 6.45) is 1.11. The predicted octanol–water partition coefficient (Wildman–Crippen LogP) is 1.75. The van der Waals surface area contributed by atoms with Crippen molar-refractivity contribution in [2.75, 3.05) is 30.9 Å². The zero-order valence-electron chi connectivity index (χ0n) is 10.6. The average Bonchev–Trinajstić information content (AvgIpc) is 2.63. The van der Waals surface area contributed by atoms with Gasteiger partial charge in [-0.05, 0) is 25.6 Å². The van der Waals surface area contributed by atoms with Gasteiger partial charge in [-0.3, -0.25) is 4.79 Å². The summed E-state index contributed by atoms with van der Waals surface area (Å²) in [6.45, 7) is 3.17. The first-order valence-electron chi connectivity index (χ1n) is 6.00. The Kier molecular flexibility index (Phi) is 3.33. The van der Waals surface area contributed by atoms with Crippen LogP contribution in [0.25, 0.3) is 0 Å². The Balaban J connectivity index is 2.28. The van der Waals surface area contributed by atoms with E-state index < -0.39 is 0 Å². The molecule has 1 atom stereocenters. The van der Waals surface area contributed by atoms with Crippen LogP contribution in [0.15, 0.2) is 18.2 Å². The normalized spacial score (nSPS) is 17.8. The zero-order valence-corrected chi connectivity index (χ0v) is 10.6. The third-order valence-electron chi connectivity index (χ3n) is 3.16. The summed E-state index contributed by atoms with van der Waals surface area (Å²) in [6, 6.07) is 5.92. The summed E-state index contributed by atoms with van der Waals surface area (Å²) in [5, 5.41) is 5.93. The van der Waals surface area contributed by atoms with Crippen LogP contribution in [0.5, 0.6) is 0 Å². The van der Waals surface area contributed by atoms with Gasteiger partial charge in [0.15, 0.2) is 0 Å². The van der Waals surface area contributed by atoms with Crippen molar-refractivity contribution >= 4 is 17.3 Å². The molecule has 1 unspecified atom stereocenters. The lowest BCUT2D eigenvalue weighted by atomic mass is 10.1. The molecule has 0 aliphatic carbocycles. The molecule has 0 fully saturated rings. The molecular formula is C13H19N3O. The van der Waals surface area contributed by atoms with E-state index in [0.717, 1.165) is 29.9 Å². The number of carbonyl (C=O) groups excluding carboxylic acids is 1. The minimum atomic E-state index is -0.212. The summed E-state index contributed by atoms with van der Waals surface area (Å²) in [4.78, 5) is 13.9. The standard InChI is InChI=1S/C13H19N3O/c1-4-7-16(3)9-5-6-10-11(8-9)15-13(17)12(10)14-2/h5-6,8,12,14H,4,7H2,1-3H3,(H,15,17). The van der Waals surface area contributed by atoms with Gasteiger partial charge in [0, 0.05) is 30.5 Å². The van der Waals surface area contributed by atoms with E-state index in [9.17, 15) is 4.79 Å². The molecule has 0 saturated carbocycles. The maximum Gasteiger partial charge on any atom is 0.246 e. The van der Waals surface area contributed by atoms with Crippen LogP contribution >= 0.6 is 0 Å².